The van der Waals surface area contributed by atoms with Gasteiger partial charge in [0.25, 0.3) is 5.56 Å². The van der Waals surface area contributed by atoms with Crippen LogP contribution in [0.5, 0.6) is 0 Å². The predicted molar refractivity (Wildman–Crippen MR) is 148 cm³/mol. The topological polar surface area (TPSA) is 107 Å². The Morgan fingerprint density at radius 1 is 1.03 bits per heavy atom. The SMILES string of the molecule is CCc1nc2ccn(Cc3ccccn3)c(=O)c2n1[C@H]1CCc2cc(-c3ccccc3-c3nn[nH]n3)ccc21. The van der Waals surface area contributed by atoms with Crippen molar-refractivity contribution in [2.45, 2.75) is 38.8 Å². The van der Waals surface area contributed by atoms with Crippen LogP contribution < -0.4 is 5.56 Å². The number of fused-ring (bicyclic) bond motifs is 2. The van der Waals surface area contributed by atoms with Crippen LogP contribution in [0, 0.1) is 0 Å². The lowest BCUT2D eigenvalue weighted by atomic mass is 9.96. The van der Waals surface area contributed by atoms with Gasteiger partial charge in [-0.15, -0.1) is 10.2 Å². The molecule has 1 aliphatic carbocycles. The fourth-order valence-corrected chi connectivity index (χ4v) is 5.80. The first kappa shape index (κ1) is 23.2. The number of nitrogens with one attached hydrogen (secondary N) is 1. The van der Waals surface area contributed by atoms with E-state index in [9.17, 15) is 4.79 Å². The minimum atomic E-state index is -0.0375. The van der Waals surface area contributed by atoms with Crippen LogP contribution in [0.3, 0.4) is 0 Å². The summed E-state index contributed by atoms with van der Waals surface area (Å²) in [5.74, 6) is 1.51. The summed E-state index contributed by atoms with van der Waals surface area (Å²) in [6, 6.07) is 22.5. The van der Waals surface area contributed by atoms with Crippen molar-refractivity contribution in [3.63, 3.8) is 0 Å². The molecule has 192 valence electrons. The molecule has 0 bridgehead atoms. The number of hydrogen-bond acceptors (Lipinski definition) is 6. The monoisotopic (exact) mass is 514 g/mol. The van der Waals surface area contributed by atoms with E-state index in [1.807, 2.05) is 48.7 Å². The molecule has 0 radical (unpaired) electrons. The highest BCUT2D eigenvalue weighted by Crippen LogP contribution is 2.40. The second-order valence-electron chi connectivity index (χ2n) is 9.80. The maximum absolute atomic E-state index is 13.8. The van der Waals surface area contributed by atoms with E-state index >= 15 is 0 Å². The first-order valence-electron chi connectivity index (χ1n) is 13.2. The Bertz CT molecular complexity index is 1850. The van der Waals surface area contributed by atoms with Gasteiger partial charge in [0.15, 0.2) is 0 Å². The number of aromatic nitrogens is 8. The molecule has 2 aromatic carbocycles. The molecule has 0 spiro atoms. The van der Waals surface area contributed by atoms with E-state index in [0.717, 1.165) is 53.0 Å². The summed E-state index contributed by atoms with van der Waals surface area (Å²) in [6.07, 6.45) is 6.17. The zero-order valence-corrected chi connectivity index (χ0v) is 21.5. The molecule has 1 aliphatic rings. The van der Waals surface area contributed by atoms with Crippen LogP contribution in [0.25, 0.3) is 33.5 Å². The lowest BCUT2D eigenvalue weighted by Gasteiger charge is -2.18. The van der Waals surface area contributed by atoms with Crippen molar-refractivity contribution < 1.29 is 0 Å². The van der Waals surface area contributed by atoms with E-state index in [-0.39, 0.29) is 11.6 Å². The molecule has 6 aromatic rings. The van der Waals surface area contributed by atoms with E-state index in [4.69, 9.17) is 4.98 Å². The molecular formula is C30H26N8O. The maximum Gasteiger partial charge on any atom is 0.277 e. The molecule has 1 N–H and O–H groups in total. The Kier molecular flexibility index (Phi) is 5.61. The summed E-state index contributed by atoms with van der Waals surface area (Å²) in [4.78, 5) is 23.1. The average Bonchev–Trinajstić information content (AvgIpc) is 3.73. The quantitative estimate of drug-likeness (QED) is 0.349. The van der Waals surface area contributed by atoms with Crippen molar-refractivity contribution in [3.8, 4) is 22.5 Å². The van der Waals surface area contributed by atoms with E-state index in [1.165, 1.54) is 11.1 Å². The second kappa shape index (κ2) is 9.43. The Balaban J connectivity index is 1.31. The van der Waals surface area contributed by atoms with Gasteiger partial charge in [0, 0.05) is 24.4 Å². The Hall–Kier alpha value is -4.92. The molecular weight excluding hydrogens is 488 g/mol. The third-order valence-corrected chi connectivity index (χ3v) is 7.59. The highest BCUT2D eigenvalue weighted by atomic mass is 16.1. The Labute approximate surface area is 224 Å². The van der Waals surface area contributed by atoms with Crippen LogP contribution in [0.4, 0.5) is 0 Å². The van der Waals surface area contributed by atoms with Gasteiger partial charge in [-0.1, -0.05) is 55.5 Å². The number of nitrogens with zero attached hydrogens (tertiary/aromatic N) is 7. The van der Waals surface area contributed by atoms with Crippen LogP contribution in [0.1, 0.15) is 42.0 Å². The molecule has 4 heterocycles. The number of H-pyrrole nitrogens is 1. The zero-order chi connectivity index (χ0) is 26.3. The lowest BCUT2D eigenvalue weighted by molar-refractivity contribution is 0.567. The highest BCUT2D eigenvalue weighted by molar-refractivity contribution is 5.81. The van der Waals surface area contributed by atoms with Crippen molar-refractivity contribution in [2.75, 3.05) is 0 Å². The fraction of sp³-hybridized carbons (Fsp3) is 0.200. The molecule has 9 nitrogen and oxygen atoms in total. The van der Waals surface area contributed by atoms with Crippen LogP contribution in [0.15, 0.2) is 83.9 Å². The maximum atomic E-state index is 13.8. The number of hydrogen-bond donors (Lipinski definition) is 1. The van der Waals surface area contributed by atoms with Gasteiger partial charge in [-0.05, 0) is 58.5 Å². The number of aromatic amines is 1. The lowest BCUT2D eigenvalue weighted by Crippen LogP contribution is -2.24. The molecule has 0 saturated heterocycles. The molecule has 0 fully saturated rings. The second-order valence-corrected chi connectivity index (χ2v) is 9.80. The first-order chi connectivity index (χ1) is 19.2. The Morgan fingerprint density at radius 2 is 1.90 bits per heavy atom. The molecule has 4 aromatic heterocycles. The van der Waals surface area contributed by atoms with Gasteiger partial charge < -0.3 is 9.13 Å². The first-order valence-corrected chi connectivity index (χ1v) is 13.2. The van der Waals surface area contributed by atoms with Gasteiger partial charge >= 0.3 is 0 Å². The fourth-order valence-electron chi connectivity index (χ4n) is 5.80. The van der Waals surface area contributed by atoms with Crippen molar-refractivity contribution >= 4 is 11.0 Å². The molecule has 0 unspecified atom stereocenters. The van der Waals surface area contributed by atoms with E-state index in [1.54, 1.807) is 10.8 Å². The number of pyridine rings is 2. The molecule has 0 aliphatic heterocycles. The van der Waals surface area contributed by atoms with Crippen molar-refractivity contribution in [3.05, 3.63) is 112 Å². The largest absolute Gasteiger partial charge is 0.316 e. The number of imidazole rings is 1. The summed E-state index contributed by atoms with van der Waals surface area (Å²) in [5, 5.41) is 14.7. The van der Waals surface area contributed by atoms with Crippen LogP contribution in [-0.2, 0) is 19.4 Å². The van der Waals surface area contributed by atoms with Gasteiger partial charge in [0.2, 0.25) is 5.82 Å². The van der Waals surface area contributed by atoms with Crippen molar-refractivity contribution in [1.82, 2.24) is 39.7 Å². The molecule has 7 rings (SSSR count). The van der Waals surface area contributed by atoms with E-state index in [0.29, 0.717) is 17.9 Å². The van der Waals surface area contributed by atoms with Crippen LogP contribution in [0.2, 0.25) is 0 Å². The molecule has 1 atom stereocenters. The number of tetrazole rings is 1. The van der Waals surface area contributed by atoms with Crippen molar-refractivity contribution in [1.29, 1.82) is 0 Å². The summed E-state index contributed by atoms with van der Waals surface area (Å²) in [7, 11) is 0. The smallest absolute Gasteiger partial charge is 0.277 e. The zero-order valence-electron chi connectivity index (χ0n) is 21.5. The predicted octanol–water partition coefficient (Wildman–Crippen LogP) is 4.59. The molecule has 0 amide bonds. The molecule has 9 heteroatoms. The number of rotatable bonds is 6. The van der Waals surface area contributed by atoms with E-state index < -0.39 is 0 Å². The Morgan fingerprint density at radius 3 is 2.69 bits per heavy atom. The van der Waals surface area contributed by atoms with Gasteiger partial charge in [0.05, 0.1) is 23.8 Å². The van der Waals surface area contributed by atoms with Crippen molar-refractivity contribution in [2.24, 2.45) is 0 Å². The van der Waals surface area contributed by atoms with Gasteiger partial charge in [-0.2, -0.15) is 5.21 Å². The van der Waals surface area contributed by atoms with Gasteiger partial charge in [-0.25, -0.2) is 4.98 Å². The number of aryl methyl sites for hydroxylation is 2. The summed E-state index contributed by atoms with van der Waals surface area (Å²) in [6.45, 7) is 2.52. The summed E-state index contributed by atoms with van der Waals surface area (Å²) >= 11 is 0. The average molecular weight is 515 g/mol. The van der Waals surface area contributed by atoms with Gasteiger partial charge in [0.1, 0.15) is 11.3 Å². The minimum Gasteiger partial charge on any atom is -0.316 e. The van der Waals surface area contributed by atoms with Crippen LogP contribution >= 0.6 is 0 Å². The van der Waals surface area contributed by atoms with Crippen LogP contribution in [-0.4, -0.2) is 39.7 Å². The normalized spacial score (nSPS) is 14.6. The third kappa shape index (κ3) is 3.94. The molecule has 0 saturated carbocycles. The standard InChI is InChI=1S/C30H26N8O/c1-2-27-32-25-14-16-37(18-21-7-5-6-15-31-21)30(39)28(25)38(27)26-13-11-20-17-19(10-12-23(20)26)22-8-3-4-9-24(22)29-33-35-36-34-29/h3-10,12,14-17,26H,2,11,13,18H2,1H3,(H,33,34,35,36)/t26-/m0/s1. The molecule has 39 heavy (non-hydrogen) atoms. The third-order valence-electron chi connectivity index (χ3n) is 7.59. The summed E-state index contributed by atoms with van der Waals surface area (Å²) < 4.78 is 3.92. The number of benzene rings is 2. The highest BCUT2D eigenvalue weighted by Gasteiger charge is 2.29. The van der Waals surface area contributed by atoms with Gasteiger partial charge in [-0.3, -0.25) is 9.78 Å². The van der Waals surface area contributed by atoms with E-state index in [2.05, 4.69) is 61.4 Å². The minimum absolute atomic E-state index is 0.0375. The summed E-state index contributed by atoms with van der Waals surface area (Å²) in [5.41, 5.74) is 7.85.